The van der Waals surface area contributed by atoms with Crippen molar-refractivity contribution in [2.45, 2.75) is 69.1 Å². The summed E-state index contributed by atoms with van der Waals surface area (Å²) in [6, 6.07) is 10.3. The van der Waals surface area contributed by atoms with Crippen molar-refractivity contribution >= 4 is 5.69 Å². The largest absolute Gasteiger partial charge is 0.384 e. The molecule has 1 aromatic carbocycles. The Morgan fingerprint density at radius 1 is 1.09 bits per heavy atom. The molecule has 0 radical (unpaired) electrons. The van der Waals surface area contributed by atoms with E-state index in [0.29, 0.717) is 11.7 Å². The number of aromatic nitrogens is 3. The Morgan fingerprint density at radius 2 is 1.91 bits per heavy atom. The van der Waals surface area contributed by atoms with Gasteiger partial charge in [-0.2, -0.15) is 13.8 Å². The smallest absolute Gasteiger partial charge is 0.322 e. The Labute approximate surface area is 184 Å². The molecule has 3 aliphatic rings. The molecular formula is C24H26F2N4O2. The van der Waals surface area contributed by atoms with Crippen LogP contribution in [0, 0.1) is 5.41 Å². The van der Waals surface area contributed by atoms with Gasteiger partial charge in [-0.15, -0.1) is 0 Å². The molecule has 0 unspecified atom stereocenters. The highest BCUT2D eigenvalue weighted by molar-refractivity contribution is 5.64. The third-order valence-corrected chi connectivity index (χ3v) is 7.60. The monoisotopic (exact) mass is 440 g/mol. The number of fused-ring (bicyclic) bond motifs is 2. The predicted octanol–water partition coefficient (Wildman–Crippen LogP) is 6.03. The second kappa shape index (κ2) is 6.86. The highest BCUT2D eigenvalue weighted by Gasteiger charge is 2.57. The maximum atomic E-state index is 13.6. The molecule has 0 atom stereocenters. The molecule has 3 aromatic rings. The average Bonchev–Trinajstić information content (AvgIpc) is 3.22. The van der Waals surface area contributed by atoms with Crippen molar-refractivity contribution in [3.8, 4) is 11.3 Å². The molecule has 0 spiro atoms. The van der Waals surface area contributed by atoms with Crippen LogP contribution in [-0.2, 0) is 11.3 Å². The molecule has 1 N–H and O–H groups in total. The summed E-state index contributed by atoms with van der Waals surface area (Å²) in [5.41, 5.74) is 2.99. The molecule has 32 heavy (non-hydrogen) atoms. The van der Waals surface area contributed by atoms with Gasteiger partial charge in [0.25, 0.3) is 5.89 Å². The minimum atomic E-state index is -3.11. The standard InChI is InChI=1S/C24H26F2N4O2/c1-22(25,26)21-28-20(30-32-21)24-9-7-23(13-24,8-10-24)14-27-17-4-2-3-16(11-17)19-12-18(29-31-19)15-5-6-15/h2-4,11-12,15,27H,5-10,13-14H2,1H3. The lowest BCUT2D eigenvalue weighted by Gasteiger charge is -2.27. The first-order chi connectivity index (χ1) is 15.3. The molecule has 2 bridgehead atoms. The summed E-state index contributed by atoms with van der Waals surface area (Å²) >= 11 is 0. The fourth-order valence-electron chi connectivity index (χ4n) is 5.56. The van der Waals surface area contributed by atoms with Crippen molar-refractivity contribution in [2.75, 3.05) is 11.9 Å². The predicted molar refractivity (Wildman–Crippen MR) is 113 cm³/mol. The van der Waals surface area contributed by atoms with E-state index in [2.05, 4.69) is 38.8 Å². The molecule has 2 aromatic heterocycles. The highest BCUT2D eigenvalue weighted by atomic mass is 19.3. The fraction of sp³-hybridized carbons (Fsp3) is 0.542. The maximum Gasteiger partial charge on any atom is 0.322 e. The molecule has 0 saturated heterocycles. The van der Waals surface area contributed by atoms with Gasteiger partial charge in [0.05, 0.1) is 5.69 Å². The molecule has 0 amide bonds. The van der Waals surface area contributed by atoms with E-state index in [-0.39, 0.29) is 10.8 Å². The number of anilines is 1. The van der Waals surface area contributed by atoms with Crippen LogP contribution >= 0.6 is 0 Å². The summed E-state index contributed by atoms with van der Waals surface area (Å²) in [6.45, 7) is 1.62. The topological polar surface area (TPSA) is 77.0 Å². The Balaban J connectivity index is 1.15. The van der Waals surface area contributed by atoms with Gasteiger partial charge in [-0.3, -0.25) is 0 Å². The number of nitrogens with one attached hydrogen (secondary N) is 1. The lowest BCUT2D eigenvalue weighted by Crippen LogP contribution is -2.24. The van der Waals surface area contributed by atoms with Crippen LogP contribution in [0.3, 0.4) is 0 Å². The molecule has 3 fully saturated rings. The van der Waals surface area contributed by atoms with Gasteiger partial charge in [0.1, 0.15) is 0 Å². The van der Waals surface area contributed by atoms with Crippen LogP contribution in [0.25, 0.3) is 11.3 Å². The summed E-state index contributed by atoms with van der Waals surface area (Å²) in [4.78, 5) is 4.08. The van der Waals surface area contributed by atoms with Crippen molar-refractivity contribution in [1.29, 1.82) is 0 Å². The average molecular weight is 440 g/mol. The third kappa shape index (κ3) is 3.40. The molecule has 6 nitrogen and oxygen atoms in total. The Kier molecular flexibility index (Phi) is 4.26. The number of alkyl halides is 2. The van der Waals surface area contributed by atoms with Crippen LogP contribution < -0.4 is 5.32 Å². The first-order valence-electron chi connectivity index (χ1n) is 11.4. The minimum absolute atomic E-state index is 0.122. The number of hydrogen-bond acceptors (Lipinski definition) is 6. The van der Waals surface area contributed by atoms with Crippen LogP contribution in [-0.4, -0.2) is 21.8 Å². The van der Waals surface area contributed by atoms with E-state index in [4.69, 9.17) is 9.05 Å². The van der Waals surface area contributed by atoms with Gasteiger partial charge >= 0.3 is 5.92 Å². The number of halogens is 2. The van der Waals surface area contributed by atoms with E-state index in [1.165, 1.54) is 12.8 Å². The van der Waals surface area contributed by atoms with Crippen molar-refractivity contribution < 1.29 is 17.8 Å². The zero-order valence-corrected chi connectivity index (χ0v) is 18.0. The molecule has 8 heteroatoms. The maximum absolute atomic E-state index is 13.6. The summed E-state index contributed by atoms with van der Waals surface area (Å²) in [7, 11) is 0. The normalized spacial score (nSPS) is 27.2. The van der Waals surface area contributed by atoms with Gasteiger partial charge in [-0.05, 0) is 62.5 Å². The van der Waals surface area contributed by atoms with Crippen molar-refractivity contribution in [3.05, 3.63) is 47.7 Å². The summed E-state index contributed by atoms with van der Waals surface area (Å²) < 4.78 is 37.6. The number of nitrogens with zero attached hydrogens (tertiary/aromatic N) is 3. The molecule has 2 heterocycles. The van der Waals surface area contributed by atoms with Crippen molar-refractivity contribution in [2.24, 2.45) is 5.41 Å². The second-order valence-electron chi connectivity index (χ2n) is 10.1. The van der Waals surface area contributed by atoms with Gasteiger partial charge in [0.2, 0.25) is 0 Å². The first kappa shape index (κ1) is 19.9. The van der Waals surface area contributed by atoms with E-state index >= 15 is 0 Å². The van der Waals surface area contributed by atoms with Gasteiger partial charge < -0.3 is 14.4 Å². The van der Waals surface area contributed by atoms with Crippen LogP contribution in [0.15, 0.2) is 39.4 Å². The first-order valence-corrected chi connectivity index (χ1v) is 11.4. The SMILES string of the molecule is CC(F)(F)c1nc(C23CCC(CNc4cccc(-c5cc(C6CC6)no5)c4)(CC2)C3)no1. The molecule has 168 valence electrons. The van der Waals surface area contributed by atoms with E-state index in [0.717, 1.165) is 68.3 Å². The van der Waals surface area contributed by atoms with Gasteiger partial charge in [0, 0.05) is 42.1 Å². The van der Waals surface area contributed by atoms with Crippen LogP contribution in [0.1, 0.15) is 75.2 Å². The minimum Gasteiger partial charge on any atom is -0.384 e. The summed E-state index contributed by atoms with van der Waals surface area (Å²) in [5.74, 6) is -1.87. The molecule has 0 aliphatic heterocycles. The van der Waals surface area contributed by atoms with E-state index < -0.39 is 11.8 Å². The zero-order chi connectivity index (χ0) is 22.0. The molecule has 3 saturated carbocycles. The van der Waals surface area contributed by atoms with E-state index in [1.807, 2.05) is 12.1 Å². The number of benzene rings is 1. The van der Waals surface area contributed by atoms with Crippen molar-refractivity contribution in [1.82, 2.24) is 15.3 Å². The molecule has 3 aliphatic carbocycles. The van der Waals surface area contributed by atoms with Crippen LogP contribution in [0.5, 0.6) is 0 Å². The fourth-order valence-corrected chi connectivity index (χ4v) is 5.56. The van der Waals surface area contributed by atoms with Gasteiger partial charge in [-0.1, -0.05) is 22.4 Å². The highest BCUT2D eigenvalue weighted by Crippen LogP contribution is 2.61. The molecule has 6 rings (SSSR count). The second-order valence-corrected chi connectivity index (χ2v) is 10.1. The third-order valence-electron chi connectivity index (χ3n) is 7.60. The lowest BCUT2D eigenvalue weighted by molar-refractivity contribution is -0.0158. The Morgan fingerprint density at radius 3 is 2.62 bits per heavy atom. The van der Waals surface area contributed by atoms with E-state index in [1.54, 1.807) is 0 Å². The van der Waals surface area contributed by atoms with Gasteiger partial charge in [0.15, 0.2) is 11.6 Å². The van der Waals surface area contributed by atoms with Crippen LogP contribution in [0.4, 0.5) is 14.5 Å². The number of hydrogen-bond donors (Lipinski definition) is 1. The Bertz CT molecular complexity index is 1140. The lowest BCUT2D eigenvalue weighted by atomic mass is 9.81. The van der Waals surface area contributed by atoms with Crippen molar-refractivity contribution in [3.63, 3.8) is 0 Å². The molecular weight excluding hydrogens is 414 g/mol. The van der Waals surface area contributed by atoms with E-state index in [9.17, 15) is 8.78 Å². The van der Waals surface area contributed by atoms with Gasteiger partial charge in [-0.25, -0.2) is 0 Å². The number of rotatable bonds is 7. The Hall–Kier alpha value is -2.77. The van der Waals surface area contributed by atoms with Crippen LogP contribution in [0.2, 0.25) is 0 Å². The summed E-state index contributed by atoms with van der Waals surface area (Å²) in [5, 5.41) is 11.8. The quantitative estimate of drug-likeness (QED) is 0.484. The summed E-state index contributed by atoms with van der Waals surface area (Å²) in [6.07, 6.45) is 7.16. The zero-order valence-electron chi connectivity index (χ0n) is 18.0.